The quantitative estimate of drug-likeness (QED) is 0.866. The first-order valence-corrected chi connectivity index (χ1v) is 7.13. The third-order valence-corrected chi connectivity index (χ3v) is 4.01. The average molecular weight is 306 g/mol. The molecule has 1 aliphatic heterocycles. The predicted molar refractivity (Wildman–Crippen MR) is 84.9 cm³/mol. The van der Waals surface area contributed by atoms with Crippen LogP contribution in [-0.4, -0.2) is 40.5 Å². The number of hydrogen-bond acceptors (Lipinski definition) is 3. The van der Waals surface area contributed by atoms with Crippen molar-refractivity contribution in [2.24, 2.45) is 10.9 Å². The third kappa shape index (κ3) is 2.90. The molecule has 0 saturated heterocycles. The molecule has 0 bridgehead atoms. The summed E-state index contributed by atoms with van der Waals surface area (Å²) in [4.78, 5) is 17.7. The van der Waals surface area contributed by atoms with Crippen molar-refractivity contribution in [1.29, 1.82) is 0 Å². The SMILES string of the molecule is CCN1C(=S)N=C(C)C(C(=O)O)C1c1ccc(OC)cc1. The van der Waals surface area contributed by atoms with Crippen molar-refractivity contribution in [3.63, 3.8) is 0 Å². The minimum atomic E-state index is -0.891. The van der Waals surface area contributed by atoms with E-state index in [1.165, 1.54) is 0 Å². The number of aliphatic carboxylic acids is 1. The number of ether oxygens (including phenoxy) is 1. The fourth-order valence-corrected chi connectivity index (χ4v) is 3.02. The maximum absolute atomic E-state index is 11.7. The van der Waals surface area contributed by atoms with Gasteiger partial charge in [-0.2, -0.15) is 0 Å². The van der Waals surface area contributed by atoms with Crippen molar-refractivity contribution in [1.82, 2.24) is 4.90 Å². The Labute approximate surface area is 129 Å². The second kappa shape index (κ2) is 6.22. The first kappa shape index (κ1) is 15.4. The maximum Gasteiger partial charge on any atom is 0.314 e. The highest BCUT2D eigenvalue weighted by atomic mass is 32.1. The number of benzene rings is 1. The summed E-state index contributed by atoms with van der Waals surface area (Å²) in [5, 5.41) is 10.0. The van der Waals surface area contributed by atoms with Crippen molar-refractivity contribution in [2.45, 2.75) is 19.9 Å². The Morgan fingerprint density at radius 1 is 1.43 bits per heavy atom. The van der Waals surface area contributed by atoms with Crippen molar-refractivity contribution in [2.75, 3.05) is 13.7 Å². The molecule has 1 aliphatic rings. The molecule has 1 aromatic carbocycles. The highest BCUT2D eigenvalue weighted by Gasteiger charge is 2.40. The van der Waals surface area contributed by atoms with E-state index in [-0.39, 0.29) is 6.04 Å². The molecule has 1 heterocycles. The number of rotatable bonds is 4. The second-order valence-corrected chi connectivity index (χ2v) is 5.22. The fraction of sp³-hybridized carbons (Fsp3) is 0.400. The summed E-state index contributed by atoms with van der Waals surface area (Å²) in [5.74, 6) is -0.861. The van der Waals surface area contributed by atoms with E-state index < -0.39 is 11.9 Å². The summed E-state index contributed by atoms with van der Waals surface area (Å²) in [7, 11) is 1.60. The largest absolute Gasteiger partial charge is 0.497 e. The summed E-state index contributed by atoms with van der Waals surface area (Å²) < 4.78 is 5.15. The Bertz CT molecular complexity index is 583. The summed E-state index contributed by atoms with van der Waals surface area (Å²) in [6, 6.07) is 7.06. The van der Waals surface area contributed by atoms with Crippen LogP contribution in [0, 0.1) is 5.92 Å². The standard InChI is InChI=1S/C15H18N2O3S/c1-4-17-13(10-5-7-11(20-3)8-6-10)12(14(18)19)9(2)16-15(17)21/h5-8,12-13H,4H2,1-3H3,(H,18,19). The highest BCUT2D eigenvalue weighted by Crippen LogP contribution is 2.34. The second-order valence-electron chi connectivity index (χ2n) is 4.86. The summed E-state index contributed by atoms with van der Waals surface area (Å²) in [5.41, 5.74) is 1.43. The summed E-state index contributed by atoms with van der Waals surface area (Å²) in [6.45, 7) is 4.27. The van der Waals surface area contributed by atoms with Gasteiger partial charge in [-0.1, -0.05) is 12.1 Å². The highest BCUT2D eigenvalue weighted by molar-refractivity contribution is 7.80. The fourth-order valence-electron chi connectivity index (χ4n) is 2.63. The lowest BCUT2D eigenvalue weighted by molar-refractivity contribution is -0.141. The van der Waals surface area contributed by atoms with Crippen LogP contribution in [0.15, 0.2) is 29.3 Å². The van der Waals surface area contributed by atoms with Crippen molar-refractivity contribution >= 4 is 29.0 Å². The van der Waals surface area contributed by atoms with Gasteiger partial charge in [-0.15, -0.1) is 0 Å². The van der Waals surface area contributed by atoms with Crippen LogP contribution in [0.3, 0.4) is 0 Å². The summed E-state index contributed by atoms with van der Waals surface area (Å²) in [6.07, 6.45) is 0. The van der Waals surface area contributed by atoms with E-state index in [0.717, 1.165) is 11.3 Å². The van der Waals surface area contributed by atoms with E-state index in [2.05, 4.69) is 4.99 Å². The monoisotopic (exact) mass is 306 g/mol. The van der Waals surface area contributed by atoms with Crippen LogP contribution in [0.25, 0.3) is 0 Å². The predicted octanol–water partition coefficient (Wildman–Crippen LogP) is 2.52. The number of aliphatic imine (C=N–C) groups is 1. The number of methoxy groups -OCH3 is 1. The van der Waals surface area contributed by atoms with Crippen LogP contribution in [-0.2, 0) is 4.79 Å². The molecule has 2 unspecified atom stereocenters. The van der Waals surface area contributed by atoms with Crippen molar-refractivity contribution in [3.8, 4) is 5.75 Å². The molecule has 112 valence electrons. The Morgan fingerprint density at radius 2 is 2.05 bits per heavy atom. The van der Waals surface area contributed by atoms with E-state index in [1.807, 2.05) is 36.1 Å². The zero-order valence-electron chi connectivity index (χ0n) is 12.2. The lowest BCUT2D eigenvalue weighted by Crippen LogP contribution is -2.46. The van der Waals surface area contributed by atoms with Crippen LogP contribution in [0.1, 0.15) is 25.5 Å². The van der Waals surface area contributed by atoms with E-state index in [4.69, 9.17) is 17.0 Å². The Balaban J connectivity index is 2.50. The minimum Gasteiger partial charge on any atom is -0.497 e. The van der Waals surface area contributed by atoms with Gasteiger partial charge in [-0.3, -0.25) is 4.79 Å². The molecular formula is C15H18N2O3S. The van der Waals surface area contributed by atoms with Gasteiger partial charge in [0.25, 0.3) is 0 Å². The van der Waals surface area contributed by atoms with Gasteiger partial charge in [0.15, 0.2) is 5.11 Å². The molecule has 0 fully saturated rings. The van der Waals surface area contributed by atoms with Gasteiger partial charge in [0.2, 0.25) is 0 Å². The Hall–Kier alpha value is -1.95. The Morgan fingerprint density at radius 3 is 2.52 bits per heavy atom. The number of carbonyl (C=O) groups is 1. The van der Waals surface area contributed by atoms with E-state index in [1.54, 1.807) is 14.0 Å². The smallest absolute Gasteiger partial charge is 0.314 e. The average Bonchev–Trinajstić information content (AvgIpc) is 2.46. The topological polar surface area (TPSA) is 62.1 Å². The van der Waals surface area contributed by atoms with Gasteiger partial charge in [-0.25, -0.2) is 4.99 Å². The number of carboxylic acids is 1. The molecule has 0 saturated carbocycles. The molecule has 6 heteroatoms. The lowest BCUT2D eigenvalue weighted by Gasteiger charge is -2.39. The molecule has 0 radical (unpaired) electrons. The normalized spacial score (nSPS) is 22.0. The molecule has 2 atom stereocenters. The van der Waals surface area contributed by atoms with Gasteiger partial charge >= 0.3 is 5.97 Å². The van der Waals surface area contributed by atoms with Gasteiger partial charge in [0.1, 0.15) is 11.7 Å². The number of carboxylic acid groups (broad SMARTS) is 1. The summed E-state index contributed by atoms with van der Waals surface area (Å²) >= 11 is 5.29. The van der Waals surface area contributed by atoms with Crippen LogP contribution in [0.5, 0.6) is 5.75 Å². The van der Waals surface area contributed by atoms with Crippen LogP contribution >= 0.6 is 12.2 Å². The lowest BCUT2D eigenvalue weighted by atomic mass is 9.87. The number of hydrogen-bond donors (Lipinski definition) is 1. The zero-order chi connectivity index (χ0) is 15.6. The van der Waals surface area contributed by atoms with Gasteiger partial charge in [0.05, 0.1) is 13.2 Å². The molecular weight excluding hydrogens is 288 g/mol. The molecule has 5 nitrogen and oxygen atoms in total. The third-order valence-electron chi connectivity index (χ3n) is 3.68. The molecule has 21 heavy (non-hydrogen) atoms. The van der Waals surface area contributed by atoms with Gasteiger partial charge < -0.3 is 14.7 Å². The molecule has 0 amide bonds. The van der Waals surface area contributed by atoms with E-state index >= 15 is 0 Å². The van der Waals surface area contributed by atoms with Crippen LogP contribution in [0.4, 0.5) is 0 Å². The molecule has 0 aromatic heterocycles. The molecule has 1 aromatic rings. The molecule has 0 aliphatic carbocycles. The first-order valence-electron chi connectivity index (χ1n) is 6.72. The van der Waals surface area contributed by atoms with Crippen molar-refractivity contribution < 1.29 is 14.6 Å². The van der Waals surface area contributed by atoms with Crippen LogP contribution in [0.2, 0.25) is 0 Å². The van der Waals surface area contributed by atoms with Crippen LogP contribution < -0.4 is 4.74 Å². The van der Waals surface area contributed by atoms with E-state index in [9.17, 15) is 9.90 Å². The minimum absolute atomic E-state index is 0.344. The number of thiocarbonyl (C=S) groups is 1. The molecule has 0 spiro atoms. The molecule has 2 rings (SSSR count). The maximum atomic E-state index is 11.7. The first-order chi connectivity index (χ1) is 9.99. The van der Waals surface area contributed by atoms with E-state index in [0.29, 0.717) is 17.4 Å². The van der Waals surface area contributed by atoms with Crippen molar-refractivity contribution in [3.05, 3.63) is 29.8 Å². The number of nitrogens with zero attached hydrogens (tertiary/aromatic N) is 2. The van der Waals surface area contributed by atoms with Gasteiger partial charge in [0, 0.05) is 12.3 Å². The van der Waals surface area contributed by atoms with Gasteiger partial charge in [-0.05, 0) is 43.8 Å². The Kier molecular flexibility index (Phi) is 4.57. The molecule has 1 N–H and O–H groups in total. The zero-order valence-corrected chi connectivity index (χ0v) is 13.1.